The molecule has 0 spiro atoms. The molecule has 0 aliphatic carbocycles. The number of nitro groups is 1. The van der Waals surface area contributed by atoms with Gasteiger partial charge in [-0.15, -0.1) is 11.6 Å². The van der Waals surface area contributed by atoms with Crippen LogP contribution in [0.3, 0.4) is 0 Å². The molecule has 2 aromatic rings. The zero-order chi connectivity index (χ0) is 13.8. The molecule has 0 N–H and O–H groups in total. The molecule has 0 amide bonds. The van der Waals surface area contributed by atoms with Gasteiger partial charge in [-0.2, -0.15) is 0 Å². The van der Waals surface area contributed by atoms with Crippen LogP contribution < -0.4 is 0 Å². The largest absolute Gasteiger partial charge is 0.440 e. The standard InChI is InChI=1S/C12H10ClFN2O3/c13-5-1-2-12-15-7-11(19-12)9-6-8(14)3-4-10(9)16(17)18/h3-4,6-7H,1-2,5H2. The van der Waals surface area contributed by atoms with E-state index in [1.807, 2.05) is 0 Å². The highest BCUT2D eigenvalue weighted by Crippen LogP contribution is 2.31. The molecule has 19 heavy (non-hydrogen) atoms. The third kappa shape index (κ3) is 3.08. The summed E-state index contributed by atoms with van der Waals surface area (Å²) in [6.07, 6.45) is 2.57. The van der Waals surface area contributed by atoms with Gasteiger partial charge in [-0.25, -0.2) is 9.37 Å². The van der Waals surface area contributed by atoms with Crippen molar-refractivity contribution in [1.82, 2.24) is 4.98 Å². The number of rotatable bonds is 5. The van der Waals surface area contributed by atoms with E-state index in [-0.39, 0.29) is 17.0 Å². The Bertz CT molecular complexity index is 600. The van der Waals surface area contributed by atoms with Gasteiger partial charge >= 0.3 is 0 Å². The highest BCUT2D eigenvalue weighted by molar-refractivity contribution is 6.17. The van der Waals surface area contributed by atoms with Crippen LogP contribution in [-0.4, -0.2) is 15.8 Å². The number of nitro benzene ring substituents is 1. The average molecular weight is 285 g/mol. The maximum atomic E-state index is 13.2. The van der Waals surface area contributed by atoms with Gasteiger partial charge in [0.15, 0.2) is 11.7 Å². The summed E-state index contributed by atoms with van der Waals surface area (Å²) in [4.78, 5) is 14.3. The minimum atomic E-state index is -0.588. The summed E-state index contributed by atoms with van der Waals surface area (Å²) in [5, 5.41) is 10.9. The second kappa shape index (κ2) is 5.79. The summed E-state index contributed by atoms with van der Waals surface area (Å²) < 4.78 is 18.6. The number of halogens is 2. The van der Waals surface area contributed by atoms with Crippen LogP contribution in [0.15, 0.2) is 28.8 Å². The van der Waals surface area contributed by atoms with E-state index < -0.39 is 10.7 Å². The molecule has 5 nitrogen and oxygen atoms in total. The smallest absolute Gasteiger partial charge is 0.280 e. The quantitative estimate of drug-likeness (QED) is 0.478. The van der Waals surface area contributed by atoms with Gasteiger partial charge in [0.25, 0.3) is 5.69 Å². The minimum Gasteiger partial charge on any atom is -0.440 e. The van der Waals surface area contributed by atoms with Crippen LogP contribution in [0.5, 0.6) is 0 Å². The third-order valence-electron chi connectivity index (χ3n) is 2.50. The summed E-state index contributed by atoms with van der Waals surface area (Å²) in [6, 6.07) is 3.20. The second-order valence-electron chi connectivity index (χ2n) is 3.83. The van der Waals surface area contributed by atoms with Crippen LogP contribution >= 0.6 is 11.6 Å². The maximum Gasteiger partial charge on any atom is 0.280 e. The fourth-order valence-electron chi connectivity index (χ4n) is 1.63. The lowest BCUT2D eigenvalue weighted by Gasteiger charge is -1.99. The van der Waals surface area contributed by atoms with Crippen molar-refractivity contribution < 1.29 is 13.7 Å². The van der Waals surface area contributed by atoms with E-state index in [4.69, 9.17) is 16.0 Å². The number of hydrogen-bond donors (Lipinski definition) is 0. The Balaban J connectivity index is 2.37. The van der Waals surface area contributed by atoms with E-state index in [0.29, 0.717) is 24.6 Å². The van der Waals surface area contributed by atoms with Crippen LogP contribution in [0, 0.1) is 15.9 Å². The van der Waals surface area contributed by atoms with Crippen LogP contribution in [0.2, 0.25) is 0 Å². The molecule has 1 aromatic heterocycles. The number of aromatic nitrogens is 1. The molecule has 0 aliphatic rings. The molecule has 7 heteroatoms. The van der Waals surface area contributed by atoms with Crippen molar-refractivity contribution in [3.63, 3.8) is 0 Å². The zero-order valence-corrected chi connectivity index (χ0v) is 10.6. The van der Waals surface area contributed by atoms with E-state index in [0.717, 1.165) is 18.2 Å². The number of benzene rings is 1. The van der Waals surface area contributed by atoms with Crippen molar-refractivity contribution in [3.8, 4) is 11.3 Å². The predicted molar refractivity (Wildman–Crippen MR) is 67.6 cm³/mol. The number of nitrogens with zero attached hydrogens (tertiary/aromatic N) is 2. The molecular formula is C12H10ClFN2O3. The number of aryl methyl sites for hydroxylation is 1. The summed E-state index contributed by atoms with van der Waals surface area (Å²) in [5.41, 5.74) is -0.143. The summed E-state index contributed by atoms with van der Waals surface area (Å²) in [6.45, 7) is 0. The molecule has 100 valence electrons. The molecule has 0 aliphatic heterocycles. The van der Waals surface area contributed by atoms with Gasteiger partial charge in [-0.05, 0) is 18.6 Å². The molecule has 0 saturated heterocycles. The zero-order valence-electron chi connectivity index (χ0n) is 9.81. The Morgan fingerprint density at radius 3 is 2.95 bits per heavy atom. The first-order valence-corrected chi connectivity index (χ1v) is 6.10. The van der Waals surface area contributed by atoms with Gasteiger partial charge in [0.1, 0.15) is 5.82 Å². The van der Waals surface area contributed by atoms with Crippen molar-refractivity contribution in [2.45, 2.75) is 12.8 Å². The lowest BCUT2D eigenvalue weighted by atomic mass is 10.1. The summed E-state index contributed by atoms with van der Waals surface area (Å²) in [5.74, 6) is 0.502. The van der Waals surface area contributed by atoms with Gasteiger partial charge in [-0.3, -0.25) is 10.1 Å². The molecule has 0 saturated carbocycles. The first-order chi connectivity index (χ1) is 9.11. The van der Waals surface area contributed by atoms with Crippen molar-refractivity contribution in [2.24, 2.45) is 0 Å². The van der Waals surface area contributed by atoms with Gasteiger partial charge < -0.3 is 4.42 Å². The van der Waals surface area contributed by atoms with E-state index in [2.05, 4.69) is 4.98 Å². The van der Waals surface area contributed by atoms with Crippen molar-refractivity contribution in [1.29, 1.82) is 0 Å². The lowest BCUT2D eigenvalue weighted by Crippen LogP contribution is -1.92. The second-order valence-corrected chi connectivity index (χ2v) is 4.21. The molecular weight excluding hydrogens is 275 g/mol. The molecule has 0 atom stereocenters. The summed E-state index contributed by atoms with van der Waals surface area (Å²) >= 11 is 5.55. The van der Waals surface area contributed by atoms with E-state index in [9.17, 15) is 14.5 Å². The van der Waals surface area contributed by atoms with Gasteiger partial charge in [-0.1, -0.05) is 0 Å². The van der Waals surface area contributed by atoms with Gasteiger partial charge in [0, 0.05) is 18.4 Å². The van der Waals surface area contributed by atoms with E-state index in [1.165, 1.54) is 6.20 Å². The minimum absolute atomic E-state index is 0.0784. The predicted octanol–water partition coefficient (Wildman–Crippen LogP) is 3.56. The SMILES string of the molecule is O=[N+]([O-])c1ccc(F)cc1-c1cnc(CCCCl)o1. The number of oxazole rings is 1. The maximum absolute atomic E-state index is 13.2. The fourth-order valence-corrected chi connectivity index (χ4v) is 1.77. The molecule has 2 rings (SSSR count). The molecule has 0 bridgehead atoms. The molecule has 1 aromatic carbocycles. The van der Waals surface area contributed by atoms with E-state index >= 15 is 0 Å². The third-order valence-corrected chi connectivity index (χ3v) is 2.77. The highest BCUT2D eigenvalue weighted by atomic mass is 35.5. The Labute approximate surface area is 113 Å². The Morgan fingerprint density at radius 1 is 1.47 bits per heavy atom. The van der Waals surface area contributed by atoms with Crippen molar-refractivity contribution in [3.05, 3.63) is 46.2 Å². The van der Waals surface area contributed by atoms with Crippen LogP contribution in [0.1, 0.15) is 12.3 Å². The molecule has 0 unspecified atom stereocenters. The van der Waals surface area contributed by atoms with Crippen LogP contribution in [0.4, 0.5) is 10.1 Å². The molecule has 0 fully saturated rings. The first kappa shape index (κ1) is 13.5. The fraction of sp³-hybridized carbons (Fsp3) is 0.250. The molecule has 0 radical (unpaired) electrons. The topological polar surface area (TPSA) is 69.2 Å². The normalized spacial score (nSPS) is 10.6. The van der Waals surface area contributed by atoms with Crippen molar-refractivity contribution in [2.75, 3.05) is 5.88 Å². The van der Waals surface area contributed by atoms with Crippen LogP contribution in [0.25, 0.3) is 11.3 Å². The lowest BCUT2D eigenvalue weighted by molar-refractivity contribution is -0.384. The average Bonchev–Trinajstić information content (AvgIpc) is 2.84. The van der Waals surface area contributed by atoms with E-state index in [1.54, 1.807) is 0 Å². The highest BCUT2D eigenvalue weighted by Gasteiger charge is 2.19. The Hall–Kier alpha value is -1.95. The number of alkyl halides is 1. The van der Waals surface area contributed by atoms with Gasteiger partial charge in [0.2, 0.25) is 0 Å². The first-order valence-electron chi connectivity index (χ1n) is 5.57. The monoisotopic (exact) mass is 284 g/mol. The van der Waals surface area contributed by atoms with Crippen molar-refractivity contribution >= 4 is 17.3 Å². The van der Waals surface area contributed by atoms with Gasteiger partial charge in [0.05, 0.1) is 16.7 Å². The number of hydrogen-bond acceptors (Lipinski definition) is 4. The Morgan fingerprint density at radius 2 is 2.26 bits per heavy atom. The molecule has 1 heterocycles. The Kier molecular flexibility index (Phi) is 4.11. The summed E-state index contributed by atoms with van der Waals surface area (Å²) in [7, 11) is 0. The van der Waals surface area contributed by atoms with Crippen LogP contribution in [-0.2, 0) is 6.42 Å².